The van der Waals surface area contributed by atoms with Crippen LogP contribution in [0.3, 0.4) is 0 Å². The molecule has 10 heavy (non-hydrogen) atoms. The van der Waals surface area contributed by atoms with Crippen LogP contribution in [-0.4, -0.2) is 24.7 Å². The van der Waals surface area contributed by atoms with Crippen molar-refractivity contribution in [2.45, 2.75) is 18.4 Å². The van der Waals surface area contributed by atoms with Crippen LogP contribution in [0.1, 0.15) is 12.8 Å². The van der Waals surface area contributed by atoms with Crippen LogP contribution < -0.4 is 11.5 Å². The van der Waals surface area contributed by atoms with E-state index < -0.39 is 11.4 Å². The lowest BCUT2D eigenvalue weighted by atomic mass is 9.91. The Kier molecular flexibility index (Phi) is 1.92. The molecule has 0 aromatic carbocycles. The summed E-state index contributed by atoms with van der Waals surface area (Å²) in [5, 5.41) is 0. The molecular weight excluding hydrogens is 132 g/mol. The van der Waals surface area contributed by atoms with Crippen molar-refractivity contribution in [2.75, 3.05) is 13.2 Å². The predicted octanol–water partition coefficient (Wildman–Crippen LogP) is -0.696. The lowest BCUT2D eigenvalue weighted by molar-refractivity contribution is -0.127. The third-order valence-corrected chi connectivity index (χ3v) is 1.84. The van der Waals surface area contributed by atoms with E-state index in [1.807, 2.05) is 0 Å². The molecule has 0 bridgehead atoms. The van der Waals surface area contributed by atoms with Crippen molar-refractivity contribution >= 4 is 5.91 Å². The number of hydrogen-bond acceptors (Lipinski definition) is 3. The van der Waals surface area contributed by atoms with Gasteiger partial charge in [0.2, 0.25) is 0 Å². The molecule has 4 heteroatoms. The van der Waals surface area contributed by atoms with Crippen LogP contribution >= 0.6 is 0 Å². The largest absolute Gasteiger partial charge is 0.381 e. The summed E-state index contributed by atoms with van der Waals surface area (Å²) in [4.78, 5) is 10.6. The molecule has 1 radical (unpaired) electrons. The molecule has 0 atom stereocenters. The first kappa shape index (κ1) is 7.50. The molecule has 0 unspecified atom stereocenters. The predicted molar refractivity (Wildman–Crippen MR) is 35.1 cm³/mol. The van der Waals surface area contributed by atoms with E-state index >= 15 is 0 Å². The maximum absolute atomic E-state index is 10.6. The Balaban J connectivity index is 2.56. The van der Waals surface area contributed by atoms with Crippen LogP contribution in [0.25, 0.3) is 0 Å². The summed E-state index contributed by atoms with van der Waals surface area (Å²) in [5.41, 5.74) is 11.5. The van der Waals surface area contributed by atoms with Gasteiger partial charge in [-0.15, -0.1) is 0 Å². The highest BCUT2D eigenvalue weighted by Gasteiger charge is 2.34. The average Bonchev–Trinajstić information content (AvgIpc) is 1.89. The molecule has 0 spiro atoms. The van der Waals surface area contributed by atoms with E-state index in [0.29, 0.717) is 26.1 Å². The first-order valence-electron chi connectivity index (χ1n) is 3.28. The van der Waals surface area contributed by atoms with Crippen molar-refractivity contribution in [1.29, 1.82) is 0 Å². The molecule has 1 aliphatic rings. The van der Waals surface area contributed by atoms with E-state index in [1.54, 1.807) is 0 Å². The monoisotopic (exact) mass is 143 g/mol. The smallest absolute Gasteiger partial charge is 0.258 e. The van der Waals surface area contributed by atoms with E-state index in [-0.39, 0.29) is 0 Å². The summed E-state index contributed by atoms with van der Waals surface area (Å²) in [7, 11) is 0. The number of nitrogens with one attached hydrogen (secondary N) is 1. The Morgan fingerprint density at radius 3 is 2.30 bits per heavy atom. The van der Waals surface area contributed by atoms with Crippen LogP contribution in [-0.2, 0) is 9.53 Å². The van der Waals surface area contributed by atoms with Gasteiger partial charge < -0.3 is 10.5 Å². The van der Waals surface area contributed by atoms with Gasteiger partial charge in [-0.2, -0.15) is 0 Å². The van der Waals surface area contributed by atoms with Crippen LogP contribution in [0, 0.1) is 0 Å². The van der Waals surface area contributed by atoms with Crippen LogP contribution in [0.15, 0.2) is 0 Å². The Labute approximate surface area is 59.5 Å². The summed E-state index contributed by atoms with van der Waals surface area (Å²) in [6.07, 6.45) is 0.963. The topological polar surface area (TPSA) is 76.1 Å². The van der Waals surface area contributed by atoms with Gasteiger partial charge in [0.1, 0.15) is 5.54 Å². The van der Waals surface area contributed by atoms with Gasteiger partial charge in [-0.25, -0.2) is 0 Å². The van der Waals surface area contributed by atoms with E-state index in [2.05, 4.69) is 0 Å². The molecule has 1 aliphatic heterocycles. The van der Waals surface area contributed by atoms with E-state index in [4.69, 9.17) is 16.2 Å². The van der Waals surface area contributed by atoms with Crippen molar-refractivity contribution < 1.29 is 9.53 Å². The highest BCUT2D eigenvalue weighted by molar-refractivity contribution is 5.83. The van der Waals surface area contributed by atoms with Gasteiger partial charge in [0.05, 0.1) is 0 Å². The zero-order valence-corrected chi connectivity index (χ0v) is 5.72. The second-order valence-corrected chi connectivity index (χ2v) is 2.60. The minimum absolute atomic E-state index is 0.481. The molecule has 1 heterocycles. The molecule has 0 aromatic heterocycles. The molecular formula is C6H11N2O2. The second kappa shape index (κ2) is 2.56. The number of carbonyl (C=O) groups excluding carboxylic acids is 1. The fourth-order valence-electron chi connectivity index (χ4n) is 0.963. The third-order valence-electron chi connectivity index (χ3n) is 1.84. The molecule has 4 nitrogen and oxygen atoms in total. The second-order valence-electron chi connectivity index (χ2n) is 2.60. The highest BCUT2D eigenvalue weighted by atomic mass is 16.5. The minimum atomic E-state index is -0.918. The standard InChI is InChI=1S/C6H11N2O2/c7-5(9)6(8)1-3-10-4-2-6/h7H,1-4,8H2. The molecule has 0 saturated carbocycles. The van der Waals surface area contributed by atoms with Gasteiger partial charge >= 0.3 is 0 Å². The maximum Gasteiger partial charge on any atom is 0.258 e. The summed E-state index contributed by atoms with van der Waals surface area (Å²) in [5.74, 6) is -0.671. The summed E-state index contributed by atoms with van der Waals surface area (Å²) in [6.45, 7) is 1.00. The van der Waals surface area contributed by atoms with Crippen LogP contribution in [0.4, 0.5) is 0 Å². The maximum atomic E-state index is 10.6. The Morgan fingerprint density at radius 1 is 1.50 bits per heavy atom. The van der Waals surface area contributed by atoms with Crippen molar-refractivity contribution in [3.05, 3.63) is 0 Å². The lowest BCUT2D eigenvalue weighted by Crippen LogP contribution is -2.52. The number of carbonyl (C=O) groups is 1. The molecule has 1 fully saturated rings. The summed E-state index contributed by atoms with van der Waals surface area (Å²) in [6, 6.07) is 0. The van der Waals surface area contributed by atoms with Crippen molar-refractivity contribution in [3.8, 4) is 0 Å². The van der Waals surface area contributed by atoms with Gasteiger partial charge in [0, 0.05) is 13.2 Å². The number of nitrogens with two attached hydrogens (primary N) is 1. The average molecular weight is 143 g/mol. The summed E-state index contributed by atoms with van der Waals surface area (Å²) < 4.78 is 5.00. The molecule has 1 saturated heterocycles. The van der Waals surface area contributed by atoms with Gasteiger partial charge in [-0.3, -0.25) is 10.5 Å². The van der Waals surface area contributed by atoms with Crippen molar-refractivity contribution in [2.24, 2.45) is 5.73 Å². The Bertz CT molecular complexity index is 141. The van der Waals surface area contributed by atoms with E-state index in [0.717, 1.165) is 0 Å². The van der Waals surface area contributed by atoms with Gasteiger partial charge in [0.25, 0.3) is 5.91 Å². The molecule has 0 aliphatic carbocycles. The van der Waals surface area contributed by atoms with Crippen LogP contribution in [0.5, 0.6) is 0 Å². The van der Waals surface area contributed by atoms with Crippen molar-refractivity contribution in [3.63, 3.8) is 0 Å². The molecule has 0 aromatic rings. The highest BCUT2D eigenvalue weighted by Crippen LogP contribution is 2.16. The zero-order valence-electron chi connectivity index (χ0n) is 5.72. The minimum Gasteiger partial charge on any atom is -0.381 e. The third kappa shape index (κ3) is 1.27. The number of rotatable bonds is 1. The fourth-order valence-corrected chi connectivity index (χ4v) is 0.963. The quantitative estimate of drug-likeness (QED) is 0.527. The number of hydrogen-bond donors (Lipinski definition) is 1. The molecule has 1 rings (SSSR count). The Morgan fingerprint density at radius 2 is 2.00 bits per heavy atom. The number of amides is 1. The fraction of sp³-hybridized carbons (Fsp3) is 0.833. The van der Waals surface area contributed by atoms with E-state index in [1.165, 1.54) is 0 Å². The first-order valence-corrected chi connectivity index (χ1v) is 3.28. The summed E-state index contributed by atoms with van der Waals surface area (Å²) >= 11 is 0. The number of ether oxygens (including phenoxy) is 1. The lowest BCUT2D eigenvalue weighted by Gasteiger charge is -2.29. The van der Waals surface area contributed by atoms with Crippen LogP contribution in [0.2, 0.25) is 0 Å². The first-order chi connectivity index (χ1) is 4.65. The van der Waals surface area contributed by atoms with Crippen molar-refractivity contribution in [1.82, 2.24) is 5.73 Å². The Hall–Kier alpha value is -0.610. The zero-order chi connectivity index (χ0) is 7.61. The molecule has 3 N–H and O–H groups in total. The molecule has 57 valence electrons. The molecule has 1 amide bonds. The SMILES string of the molecule is [NH]C(=O)C1(N)CCOCC1. The van der Waals surface area contributed by atoms with Gasteiger partial charge in [-0.05, 0) is 12.8 Å². The van der Waals surface area contributed by atoms with Gasteiger partial charge in [-0.1, -0.05) is 0 Å². The van der Waals surface area contributed by atoms with E-state index in [9.17, 15) is 4.79 Å². The van der Waals surface area contributed by atoms with Gasteiger partial charge in [0.15, 0.2) is 0 Å². The normalized spacial score (nSPS) is 24.1.